The van der Waals surface area contributed by atoms with Gasteiger partial charge in [-0.1, -0.05) is 13.8 Å². The van der Waals surface area contributed by atoms with Gasteiger partial charge in [-0.25, -0.2) is 0 Å². The molecule has 1 heterocycles. The number of benzene rings is 1. The predicted octanol–water partition coefficient (Wildman–Crippen LogP) is 2.54. The quantitative estimate of drug-likeness (QED) is 0.835. The highest BCUT2D eigenvalue weighted by Crippen LogP contribution is 2.38. The van der Waals surface area contributed by atoms with Gasteiger partial charge in [0.25, 0.3) is 0 Å². The Kier molecular flexibility index (Phi) is 3.06. The molecule has 0 aromatic heterocycles. The lowest BCUT2D eigenvalue weighted by Crippen LogP contribution is -2.30. The standard InChI is InChI=1S/C13H18O3/c1-8(2)12-7-11(14)10-5-4-9(15-3)6-13(10)16-12/h4-6,8,11-12,14H,7H2,1-3H3/t11-,12?/m1/s1. The van der Waals surface area contributed by atoms with Crippen LogP contribution in [-0.2, 0) is 0 Å². The zero-order chi connectivity index (χ0) is 11.7. The fourth-order valence-electron chi connectivity index (χ4n) is 1.99. The average Bonchev–Trinajstić information content (AvgIpc) is 2.28. The van der Waals surface area contributed by atoms with Gasteiger partial charge in [0.15, 0.2) is 0 Å². The summed E-state index contributed by atoms with van der Waals surface area (Å²) in [4.78, 5) is 0. The van der Waals surface area contributed by atoms with Gasteiger partial charge in [0.2, 0.25) is 0 Å². The first-order valence-corrected chi connectivity index (χ1v) is 5.64. The van der Waals surface area contributed by atoms with Crippen molar-refractivity contribution in [1.29, 1.82) is 0 Å². The first kappa shape index (κ1) is 11.3. The van der Waals surface area contributed by atoms with Crippen molar-refractivity contribution in [2.24, 2.45) is 5.92 Å². The van der Waals surface area contributed by atoms with E-state index in [1.54, 1.807) is 7.11 Å². The van der Waals surface area contributed by atoms with E-state index < -0.39 is 6.10 Å². The molecule has 1 unspecified atom stereocenters. The minimum atomic E-state index is -0.429. The molecule has 1 aliphatic heterocycles. The normalized spacial score (nSPS) is 23.8. The van der Waals surface area contributed by atoms with E-state index in [4.69, 9.17) is 9.47 Å². The minimum absolute atomic E-state index is 0.0783. The summed E-state index contributed by atoms with van der Waals surface area (Å²) in [6, 6.07) is 5.56. The monoisotopic (exact) mass is 222 g/mol. The zero-order valence-electron chi connectivity index (χ0n) is 9.93. The van der Waals surface area contributed by atoms with Crippen molar-refractivity contribution < 1.29 is 14.6 Å². The Labute approximate surface area is 96.0 Å². The van der Waals surface area contributed by atoms with Gasteiger partial charge in [-0.3, -0.25) is 0 Å². The van der Waals surface area contributed by atoms with Crippen LogP contribution in [0.4, 0.5) is 0 Å². The third kappa shape index (κ3) is 2.00. The molecule has 0 saturated carbocycles. The summed E-state index contributed by atoms with van der Waals surface area (Å²) in [6.07, 6.45) is 0.313. The van der Waals surface area contributed by atoms with Crippen LogP contribution in [0, 0.1) is 5.92 Å². The average molecular weight is 222 g/mol. The molecule has 0 bridgehead atoms. The topological polar surface area (TPSA) is 38.7 Å². The first-order valence-electron chi connectivity index (χ1n) is 5.64. The van der Waals surface area contributed by atoms with Crippen molar-refractivity contribution in [3.8, 4) is 11.5 Å². The maximum atomic E-state index is 10.0. The fraction of sp³-hybridized carbons (Fsp3) is 0.538. The summed E-state index contributed by atoms with van der Waals surface area (Å²) in [6.45, 7) is 4.20. The molecule has 1 N–H and O–H groups in total. The number of methoxy groups -OCH3 is 1. The Bertz CT molecular complexity index is 373. The van der Waals surface area contributed by atoms with Crippen molar-refractivity contribution in [3.05, 3.63) is 23.8 Å². The lowest BCUT2D eigenvalue weighted by atomic mass is 9.93. The highest BCUT2D eigenvalue weighted by molar-refractivity contribution is 5.43. The van der Waals surface area contributed by atoms with Gasteiger partial charge in [-0.05, 0) is 18.1 Å². The largest absolute Gasteiger partial charge is 0.497 e. The van der Waals surface area contributed by atoms with Crippen LogP contribution in [0.1, 0.15) is 31.9 Å². The molecule has 0 saturated heterocycles. The van der Waals surface area contributed by atoms with E-state index in [-0.39, 0.29) is 6.10 Å². The number of ether oxygens (including phenoxy) is 2. The summed E-state index contributed by atoms with van der Waals surface area (Å²) >= 11 is 0. The maximum Gasteiger partial charge on any atom is 0.129 e. The van der Waals surface area contributed by atoms with E-state index in [1.165, 1.54) is 0 Å². The fourth-order valence-corrected chi connectivity index (χ4v) is 1.99. The molecule has 88 valence electrons. The van der Waals surface area contributed by atoms with Crippen LogP contribution in [0.5, 0.6) is 11.5 Å². The van der Waals surface area contributed by atoms with Crippen LogP contribution >= 0.6 is 0 Å². The van der Waals surface area contributed by atoms with Gasteiger partial charge < -0.3 is 14.6 Å². The van der Waals surface area contributed by atoms with E-state index >= 15 is 0 Å². The molecule has 2 rings (SSSR count). The van der Waals surface area contributed by atoms with Crippen molar-refractivity contribution in [3.63, 3.8) is 0 Å². The predicted molar refractivity (Wildman–Crippen MR) is 61.8 cm³/mol. The third-order valence-corrected chi connectivity index (χ3v) is 3.06. The number of aliphatic hydroxyl groups excluding tert-OH is 1. The van der Waals surface area contributed by atoms with E-state index in [1.807, 2.05) is 18.2 Å². The van der Waals surface area contributed by atoms with Crippen molar-refractivity contribution in [2.45, 2.75) is 32.5 Å². The van der Waals surface area contributed by atoms with Crippen LogP contribution in [0.15, 0.2) is 18.2 Å². The van der Waals surface area contributed by atoms with Crippen LogP contribution < -0.4 is 9.47 Å². The van der Waals surface area contributed by atoms with Gasteiger partial charge >= 0.3 is 0 Å². The van der Waals surface area contributed by atoms with Crippen molar-refractivity contribution in [1.82, 2.24) is 0 Å². The van der Waals surface area contributed by atoms with E-state index in [0.717, 1.165) is 17.1 Å². The van der Waals surface area contributed by atoms with Gasteiger partial charge in [0.05, 0.1) is 13.2 Å². The summed E-state index contributed by atoms with van der Waals surface area (Å²) < 4.78 is 11.0. The highest BCUT2D eigenvalue weighted by atomic mass is 16.5. The number of fused-ring (bicyclic) bond motifs is 1. The summed E-state index contributed by atoms with van der Waals surface area (Å²) in [7, 11) is 1.63. The van der Waals surface area contributed by atoms with E-state index in [9.17, 15) is 5.11 Å². The molecule has 0 radical (unpaired) electrons. The lowest BCUT2D eigenvalue weighted by molar-refractivity contribution is 0.0425. The summed E-state index contributed by atoms with van der Waals surface area (Å²) in [5, 5.41) is 10.0. The molecule has 1 aliphatic rings. The van der Waals surface area contributed by atoms with Gasteiger partial charge in [0.1, 0.15) is 17.6 Å². The maximum absolute atomic E-state index is 10.0. The first-order chi connectivity index (χ1) is 7.61. The van der Waals surface area contributed by atoms with E-state index in [0.29, 0.717) is 12.3 Å². The molecule has 0 aliphatic carbocycles. The molecule has 16 heavy (non-hydrogen) atoms. The Morgan fingerprint density at radius 2 is 2.19 bits per heavy atom. The number of hydrogen-bond donors (Lipinski definition) is 1. The SMILES string of the molecule is COc1ccc2c(c1)OC(C(C)C)C[C@H]2O. The van der Waals surface area contributed by atoms with Crippen LogP contribution in [-0.4, -0.2) is 18.3 Å². The molecule has 1 aromatic carbocycles. The third-order valence-electron chi connectivity index (χ3n) is 3.06. The number of aliphatic hydroxyl groups is 1. The highest BCUT2D eigenvalue weighted by Gasteiger charge is 2.28. The number of hydrogen-bond acceptors (Lipinski definition) is 3. The van der Waals surface area contributed by atoms with Gasteiger partial charge in [-0.15, -0.1) is 0 Å². The Morgan fingerprint density at radius 3 is 2.81 bits per heavy atom. The zero-order valence-corrected chi connectivity index (χ0v) is 9.93. The van der Waals surface area contributed by atoms with Gasteiger partial charge in [-0.2, -0.15) is 0 Å². The molecule has 2 atom stereocenters. The minimum Gasteiger partial charge on any atom is -0.497 e. The van der Waals surface area contributed by atoms with Crippen LogP contribution in [0.25, 0.3) is 0 Å². The van der Waals surface area contributed by atoms with Crippen molar-refractivity contribution in [2.75, 3.05) is 7.11 Å². The molecular weight excluding hydrogens is 204 g/mol. The van der Waals surface area contributed by atoms with Crippen molar-refractivity contribution >= 4 is 0 Å². The smallest absolute Gasteiger partial charge is 0.129 e. The second kappa shape index (κ2) is 4.34. The lowest BCUT2D eigenvalue weighted by Gasteiger charge is -2.32. The van der Waals surface area contributed by atoms with Gasteiger partial charge in [0, 0.05) is 18.1 Å². The summed E-state index contributed by atoms with van der Waals surface area (Å²) in [5.74, 6) is 1.90. The molecule has 1 aromatic rings. The molecule has 3 heteroatoms. The Hall–Kier alpha value is -1.22. The Morgan fingerprint density at radius 1 is 1.44 bits per heavy atom. The summed E-state index contributed by atoms with van der Waals surface area (Å²) in [5.41, 5.74) is 0.859. The molecule has 0 spiro atoms. The molecule has 0 fully saturated rings. The molecule has 0 amide bonds. The van der Waals surface area contributed by atoms with E-state index in [2.05, 4.69) is 13.8 Å². The Balaban J connectivity index is 2.31. The number of rotatable bonds is 2. The van der Waals surface area contributed by atoms with Crippen LogP contribution in [0.3, 0.4) is 0 Å². The second-order valence-corrected chi connectivity index (χ2v) is 4.56. The molecule has 3 nitrogen and oxygen atoms in total. The molecular formula is C13H18O3. The second-order valence-electron chi connectivity index (χ2n) is 4.56. The van der Waals surface area contributed by atoms with Crippen LogP contribution in [0.2, 0.25) is 0 Å².